The summed E-state index contributed by atoms with van der Waals surface area (Å²) in [4.78, 5) is 0. The lowest BCUT2D eigenvalue weighted by atomic mass is 9.95. The molecule has 1 aromatic rings. The van der Waals surface area contributed by atoms with Gasteiger partial charge in [0.05, 0.1) is 12.3 Å². The lowest BCUT2D eigenvalue weighted by Crippen LogP contribution is -2.28. The lowest BCUT2D eigenvalue weighted by Gasteiger charge is -2.22. The first-order valence-corrected chi connectivity index (χ1v) is 5.98. The molecular weight excluding hydrogens is 202 g/mol. The van der Waals surface area contributed by atoms with Gasteiger partial charge in [-0.1, -0.05) is 0 Å². The number of piperidine rings is 1. The van der Waals surface area contributed by atoms with Gasteiger partial charge in [-0.15, -0.1) is 5.10 Å². The summed E-state index contributed by atoms with van der Waals surface area (Å²) in [5.74, 6) is 1.44. The maximum atomic E-state index is 5.57. The van der Waals surface area contributed by atoms with Crippen molar-refractivity contribution in [3.05, 3.63) is 17.8 Å². The Balaban J connectivity index is 1.69. The molecule has 2 rings (SSSR count). The van der Waals surface area contributed by atoms with Gasteiger partial charge in [0.15, 0.2) is 0 Å². The molecule has 2 heterocycles. The molecule has 4 nitrogen and oxygen atoms in total. The van der Waals surface area contributed by atoms with Crippen LogP contribution in [-0.4, -0.2) is 29.9 Å². The second-order valence-corrected chi connectivity index (χ2v) is 4.34. The van der Waals surface area contributed by atoms with Crippen LogP contribution in [0.25, 0.3) is 0 Å². The van der Waals surface area contributed by atoms with Gasteiger partial charge in [0.25, 0.3) is 0 Å². The van der Waals surface area contributed by atoms with E-state index in [-0.39, 0.29) is 0 Å². The van der Waals surface area contributed by atoms with Crippen LogP contribution in [0.3, 0.4) is 0 Å². The molecule has 0 bridgehead atoms. The second kappa shape index (κ2) is 5.80. The van der Waals surface area contributed by atoms with Gasteiger partial charge in [-0.25, -0.2) is 0 Å². The fourth-order valence-electron chi connectivity index (χ4n) is 1.96. The summed E-state index contributed by atoms with van der Waals surface area (Å²) >= 11 is 0. The van der Waals surface area contributed by atoms with Crippen LogP contribution >= 0.6 is 0 Å². The molecule has 1 aliphatic rings. The summed E-state index contributed by atoms with van der Waals surface area (Å²) < 4.78 is 5.57. The largest absolute Gasteiger partial charge is 0.477 e. The number of nitrogens with zero attached hydrogens (tertiary/aromatic N) is 2. The molecule has 0 atom stereocenters. The highest BCUT2D eigenvalue weighted by Gasteiger charge is 2.12. The van der Waals surface area contributed by atoms with E-state index in [9.17, 15) is 0 Å². The molecule has 0 radical (unpaired) electrons. The van der Waals surface area contributed by atoms with Crippen molar-refractivity contribution in [2.24, 2.45) is 5.92 Å². The molecule has 88 valence electrons. The number of hydrogen-bond acceptors (Lipinski definition) is 4. The minimum atomic E-state index is 0.638. The summed E-state index contributed by atoms with van der Waals surface area (Å²) in [6.45, 7) is 4.97. The van der Waals surface area contributed by atoms with Crippen molar-refractivity contribution in [3.63, 3.8) is 0 Å². The smallest absolute Gasteiger partial charge is 0.233 e. The molecule has 1 saturated heterocycles. The molecule has 0 spiro atoms. The molecular formula is C12H19N3O. The van der Waals surface area contributed by atoms with Crippen LogP contribution in [0.15, 0.2) is 12.1 Å². The van der Waals surface area contributed by atoms with E-state index in [1.54, 1.807) is 0 Å². The molecule has 1 aromatic heterocycles. The van der Waals surface area contributed by atoms with Crippen LogP contribution < -0.4 is 10.1 Å². The van der Waals surface area contributed by atoms with Crippen molar-refractivity contribution >= 4 is 0 Å². The zero-order valence-electron chi connectivity index (χ0n) is 9.78. The Labute approximate surface area is 96.4 Å². The van der Waals surface area contributed by atoms with Crippen LogP contribution in [-0.2, 0) is 0 Å². The van der Waals surface area contributed by atoms with Crippen molar-refractivity contribution in [2.75, 3.05) is 19.7 Å². The molecule has 0 aromatic carbocycles. The highest BCUT2D eigenvalue weighted by molar-refractivity contribution is 5.10. The molecule has 1 N–H and O–H groups in total. The fraction of sp³-hybridized carbons (Fsp3) is 0.667. The first-order chi connectivity index (χ1) is 7.84. The Bertz CT molecular complexity index is 307. The number of ether oxygens (including phenoxy) is 1. The zero-order valence-corrected chi connectivity index (χ0v) is 9.78. The Morgan fingerprint density at radius 2 is 2.12 bits per heavy atom. The summed E-state index contributed by atoms with van der Waals surface area (Å²) in [5, 5.41) is 11.3. The zero-order chi connectivity index (χ0) is 11.2. The topological polar surface area (TPSA) is 47.0 Å². The summed E-state index contributed by atoms with van der Waals surface area (Å²) in [7, 11) is 0. The summed E-state index contributed by atoms with van der Waals surface area (Å²) in [5.41, 5.74) is 0.922. The maximum Gasteiger partial charge on any atom is 0.233 e. The monoisotopic (exact) mass is 221 g/mol. The number of hydrogen-bond donors (Lipinski definition) is 1. The van der Waals surface area contributed by atoms with E-state index in [4.69, 9.17) is 4.74 Å². The van der Waals surface area contributed by atoms with Crippen molar-refractivity contribution in [1.82, 2.24) is 15.5 Å². The van der Waals surface area contributed by atoms with Gasteiger partial charge in [-0.05, 0) is 51.3 Å². The standard InChI is InChI=1S/C12H19N3O/c1-10-2-3-12(15-14-10)16-9-6-11-4-7-13-8-5-11/h2-3,11,13H,4-9H2,1H3. The SMILES string of the molecule is Cc1ccc(OCCC2CCNCC2)nn1. The van der Waals surface area contributed by atoms with Crippen LogP contribution in [0.1, 0.15) is 25.0 Å². The van der Waals surface area contributed by atoms with E-state index < -0.39 is 0 Å². The van der Waals surface area contributed by atoms with Crippen molar-refractivity contribution in [3.8, 4) is 5.88 Å². The third-order valence-corrected chi connectivity index (χ3v) is 3.01. The normalized spacial score (nSPS) is 17.3. The Morgan fingerprint density at radius 3 is 2.81 bits per heavy atom. The highest BCUT2D eigenvalue weighted by Crippen LogP contribution is 2.16. The van der Waals surface area contributed by atoms with Crippen LogP contribution in [0.2, 0.25) is 0 Å². The van der Waals surface area contributed by atoms with Gasteiger partial charge in [-0.2, -0.15) is 5.10 Å². The van der Waals surface area contributed by atoms with Gasteiger partial charge in [0.1, 0.15) is 0 Å². The molecule has 0 amide bonds. The van der Waals surface area contributed by atoms with Gasteiger partial charge in [-0.3, -0.25) is 0 Å². The van der Waals surface area contributed by atoms with Crippen molar-refractivity contribution < 1.29 is 4.74 Å². The second-order valence-electron chi connectivity index (χ2n) is 4.34. The molecule has 0 unspecified atom stereocenters. The van der Waals surface area contributed by atoms with Gasteiger partial charge < -0.3 is 10.1 Å². The van der Waals surface area contributed by atoms with E-state index in [2.05, 4.69) is 15.5 Å². The highest BCUT2D eigenvalue weighted by atomic mass is 16.5. The predicted octanol–water partition coefficient (Wildman–Crippen LogP) is 1.55. The first-order valence-electron chi connectivity index (χ1n) is 5.98. The maximum absolute atomic E-state index is 5.57. The van der Waals surface area contributed by atoms with E-state index in [0.717, 1.165) is 37.7 Å². The quantitative estimate of drug-likeness (QED) is 0.838. The minimum absolute atomic E-state index is 0.638. The number of nitrogens with one attached hydrogen (secondary N) is 1. The Kier molecular flexibility index (Phi) is 4.10. The van der Waals surface area contributed by atoms with Crippen LogP contribution in [0.4, 0.5) is 0 Å². The van der Waals surface area contributed by atoms with E-state index >= 15 is 0 Å². The van der Waals surface area contributed by atoms with E-state index in [0.29, 0.717) is 5.88 Å². The first kappa shape index (κ1) is 11.3. The molecule has 1 aliphatic heterocycles. The molecule has 0 saturated carbocycles. The number of aryl methyl sites for hydroxylation is 1. The van der Waals surface area contributed by atoms with Crippen molar-refractivity contribution in [2.45, 2.75) is 26.2 Å². The van der Waals surface area contributed by atoms with Gasteiger partial charge in [0, 0.05) is 6.07 Å². The minimum Gasteiger partial charge on any atom is -0.477 e. The Morgan fingerprint density at radius 1 is 1.31 bits per heavy atom. The van der Waals surface area contributed by atoms with Crippen LogP contribution in [0.5, 0.6) is 5.88 Å². The molecule has 16 heavy (non-hydrogen) atoms. The van der Waals surface area contributed by atoms with Crippen LogP contribution in [0, 0.1) is 12.8 Å². The average molecular weight is 221 g/mol. The number of aromatic nitrogens is 2. The predicted molar refractivity (Wildman–Crippen MR) is 62.5 cm³/mol. The molecule has 4 heteroatoms. The van der Waals surface area contributed by atoms with E-state index in [1.165, 1.54) is 12.8 Å². The third-order valence-electron chi connectivity index (χ3n) is 3.01. The third kappa shape index (κ3) is 3.45. The fourth-order valence-corrected chi connectivity index (χ4v) is 1.96. The molecule has 1 fully saturated rings. The Hall–Kier alpha value is -1.16. The van der Waals surface area contributed by atoms with Crippen molar-refractivity contribution in [1.29, 1.82) is 0 Å². The summed E-state index contributed by atoms with van der Waals surface area (Å²) in [6.07, 6.45) is 3.66. The van der Waals surface area contributed by atoms with Gasteiger partial charge in [0.2, 0.25) is 5.88 Å². The van der Waals surface area contributed by atoms with Gasteiger partial charge >= 0.3 is 0 Å². The van der Waals surface area contributed by atoms with E-state index in [1.807, 2.05) is 19.1 Å². The molecule has 0 aliphatic carbocycles. The summed E-state index contributed by atoms with van der Waals surface area (Å²) in [6, 6.07) is 3.80. The average Bonchev–Trinajstić information content (AvgIpc) is 2.33. The number of rotatable bonds is 4. The lowest BCUT2D eigenvalue weighted by molar-refractivity contribution is 0.243.